The molecule has 1 N–H and O–H groups in total. The van der Waals surface area contributed by atoms with E-state index in [1.54, 1.807) is 6.07 Å². The maximum atomic E-state index is 9.78. The largest absolute Gasteiger partial charge is 0.507 e. The highest BCUT2D eigenvalue weighted by Gasteiger charge is 2.13. The van der Waals surface area contributed by atoms with Gasteiger partial charge in [0.05, 0.1) is 5.56 Å². The van der Waals surface area contributed by atoms with Crippen molar-refractivity contribution in [3.8, 4) is 17.2 Å². The van der Waals surface area contributed by atoms with Crippen LogP contribution >= 0.6 is 22.6 Å². The second-order valence-electron chi connectivity index (χ2n) is 4.23. The summed E-state index contributed by atoms with van der Waals surface area (Å²) in [6.45, 7) is 0.858. The van der Waals surface area contributed by atoms with Crippen LogP contribution in [0.25, 0.3) is 11.5 Å². The third kappa shape index (κ3) is 3.20. The van der Waals surface area contributed by atoms with Crippen molar-refractivity contribution in [3.63, 3.8) is 0 Å². The van der Waals surface area contributed by atoms with Crippen LogP contribution < -0.4 is 0 Å². The number of nitrogens with zero attached hydrogens (tertiary/aromatic N) is 3. The van der Waals surface area contributed by atoms with Crippen molar-refractivity contribution < 1.29 is 9.63 Å². The first-order valence-corrected chi connectivity index (χ1v) is 6.60. The quantitative estimate of drug-likeness (QED) is 0.848. The molecule has 5 nitrogen and oxygen atoms in total. The van der Waals surface area contributed by atoms with E-state index < -0.39 is 0 Å². The molecular weight excluding hydrogens is 345 g/mol. The van der Waals surface area contributed by atoms with Crippen molar-refractivity contribution in [3.05, 3.63) is 27.6 Å². The van der Waals surface area contributed by atoms with Gasteiger partial charge < -0.3 is 14.5 Å². The summed E-state index contributed by atoms with van der Waals surface area (Å²) in [6, 6.07) is 5.27. The first-order valence-electron chi connectivity index (χ1n) is 5.52. The van der Waals surface area contributed by atoms with E-state index in [0.717, 1.165) is 16.5 Å². The molecule has 0 bridgehead atoms. The number of benzene rings is 1. The number of hydrogen-bond acceptors (Lipinski definition) is 5. The standard InChI is InChI=1S/C12H14IN3O2/c1-16(2)6-5-11-14-12(18-15-11)9-7-8(13)3-4-10(9)17/h3-4,7,17H,5-6H2,1-2H3. The minimum absolute atomic E-state index is 0.151. The molecule has 0 amide bonds. The van der Waals surface area contributed by atoms with Gasteiger partial charge in [-0.25, -0.2) is 0 Å². The Kier molecular flexibility index (Phi) is 4.18. The van der Waals surface area contributed by atoms with Crippen molar-refractivity contribution in [1.29, 1.82) is 0 Å². The molecule has 0 unspecified atom stereocenters. The van der Waals surface area contributed by atoms with E-state index in [0.29, 0.717) is 17.3 Å². The number of halogens is 1. The van der Waals surface area contributed by atoms with Crippen LogP contribution in [0.5, 0.6) is 5.75 Å². The first-order chi connectivity index (χ1) is 8.56. The lowest BCUT2D eigenvalue weighted by atomic mass is 10.2. The molecule has 6 heteroatoms. The number of hydrogen-bond donors (Lipinski definition) is 1. The molecule has 0 fully saturated rings. The van der Waals surface area contributed by atoms with Gasteiger partial charge in [0.1, 0.15) is 5.75 Å². The Bertz CT molecular complexity index is 540. The van der Waals surface area contributed by atoms with E-state index in [2.05, 4.69) is 37.6 Å². The smallest absolute Gasteiger partial charge is 0.261 e. The average Bonchev–Trinajstić information content (AvgIpc) is 2.78. The zero-order chi connectivity index (χ0) is 13.1. The van der Waals surface area contributed by atoms with Gasteiger partial charge >= 0.3 is 0 Å². The summed E-state index contributed by atoms with van der Waals surface area (Å²) in [4.78, 5) is 6.34. The molecule has 18 heavy (non-hydrogen) atoms. The van der Waals surface area contributed by atoms with Crippen LogP contribution in [-0.2, 0) is 6.42 Å². The lowest BCUT2D eigenvalue weighted by molar-refractivity contribution is 0.391. The lowest BCUT2D eigenvalue weighted by Gasteiger charge is -2.05. The number of aromatic nitrogens is 2. The minimum atomic E-state index is 0.151. The zero-order valence-corrected chi connectivity index (χ0v) is 12.4. The summed E-state index contributed by atoms with van der Waals surface area (Å²) in [7, 11) is 3.98. The molecule has 0 radical (unpaired) electrons. The number of phenols is 1. The molecule has 1 aromatic heterocycles. The molecule has 0 atom stereocenters. The maximum absolute atomic E-state index is 9.78. The molecule has 1 aromatic carbocycles. The van der Waals surface area contributed by atoms with E-state index >= 15 is 0 Å². The zero-order valence-electron chi connectivity index (χ0n) is 10.2. The minimum Gasteiger partial charge on any atom is -0.507 e. The molecule has 0 aliphatic carbocycles. The summed E-state index contributed by atoms with van der Waals surface area (Å²) in [5.41, 5.74) is 0.575. The Morgan fingerprint density at radius 2 is 2.17 bits per heavy atom. The van der Waals surface area contributed by atoms with E-state index in [4.69, 9.17) is 4.52 Å². The first kappa shape index (κ1) is 13.3. The van der Waals surface area contributed by atoms with Crippen molar-refractivity contribution in [2.24, 2.45) is 0 Å². The molecule has 96 valence electrons. The number of likely N-dealkylation sites (N-methyl/N-ethyl adjacent to an activating group) is 1. The summed E-state index contributed by atoms with van der Waals surface area (Å²) < 4.78 is 6.18. The van der Waals surface area contributed by atoms with Crippen LogP contribution in [0.1, 0.15) is 5.82 Å². The molecule has 0 spiro atoms. The summed E-state index contributed by atoms with van der Waals surface area (Å²) in [5, 5.41) is 13.7. The molecule has 0 aliphatic rings. The summed E-state index contributed by atoms with van der Waals surface area (Å²) in [6.07, 6.45) is 0.723. The normalized spacial score (nSPS) is 11.1. The Hall–Kier alpha value is -1.15. The molecule has 0 saturated heterocycles. The van der Waals surface area contributed by atoms with Gasteiger partial charge in [-0.1, -0.05) is 5.16 Å². The Labute approximate surface area is 119 Å². The van der Waals surface area contributed by atoms with Gasteiger partial charge in [0.2, 0.25) is 0 Å². The third-order valence-corrected chi connectivity index (χ3v) is 3.11. The van der Waals surface area contributed by atoms with Gasteiger partial charge in [-0.3, -0.25) is 0 Å². The van der Waals surface area contributed by atoms with E-state index in [1.807, 2.05) is 26.2 Å². The Balaban J connectivity index is 2.21. The molecule has 0 aliphatic heterocycles. The fraction of sp³-hybridized carbons (Fsp3) is 0.333. The predicted molar refractivity (Wildman–Crippen MR) is 76.4 cm³/mol. The Morgan fingerprint density at radius 3 is 2.89 bits per heavy atom. The Morgan fingerprint density at radius 1 is 1.39 bits per heavy atom. The third-order valence-electron chi connectivity index (χ3n) is 2.44. The van der Waals surface area contributed by atoms with Crippen molar-refractivity contribution in [2.45, 2.75) is 6.42 Å². The van der Waals surface area contributed by atoms with Gasteiger partial charge in [-0.15, -0.1) is 0 Å². The van der Waals surface area contributed by atoms with Gasteiger partial charge in [0.25, 0.3) is 5.89 Å². The molecule has 2 rings (SSSR count). The van der Waals surface area contributed by atoms with Crippen LogP contribution in [-0.4, -0.2) is 40.8 Å². The van der Waals surface area contributed by atoms with Gasteiger partial charge in [-0.2, -0.15) is 4.98 Å². The van der Waals surface area contributed by atoms with Gasteiger partial charge in [0, 0.05) is 16.5 Å². The van der Waals surface area contributed by atoms with Gasteiger partial charge in [0.15, 0.2) is 5.82 Å². The second kappa shape index (κ2) is 5.66. The lowest BCUT2D eigenvalue weighted by Crippen LogP contribution is -2.15. The molecule has 1 heterocycles. The van der Waals surface area contributed by atoms with Crippen molar-refractivity contribution in [2.75, 3.05) is 20.6 Å². The average molecular weight is 359 g/mol. The highest BCUT2D eigenvalue weighted by molar-refractivity contribution is 14.1. The molecular formula is C12H14IN3O2. The van der Waals surface area contributed by atoms with Crippen molar-refractivity contribution in [1.82, 2.24) is 15.0 Å². The van der Waals surface area contributed by atoms with Crippen LogP contribution in [0.3, 0.4) is 0 Å². The highest BCUT2D eigenvalue weighted by atomic mass is 127. The summed E-state index contributed by atoms with van der Waals surface area (Å²) >= 11 is 2.17. The predicted octanol–water partition coefficient (Wildman–Crippen LogP) is 2.15. The van der Waals surface area contributed by atoms with Crippen molar-refractivity contribution >= 4 is 22.6 Å². The number of aromatic hydroxyl groups is 1. The van der Waals surface area contributed by atoms with Crippen LogP contribution in [0, 0.1) is 3.57 Å². The fourth-order valence-corrected chi connectivity index (χ4v) is 1.96. The second-order valence-corrected chi connectivity index (χ2v) is 5.48. The monoisotopic (exact) mass is 359 g/mol. The van der Waals surface area contributed by atoms with E-state index in [9.17, 15) is 5.11 Å². The summed E-state index contributed by atoms with van der Waals surface area (Å²) in [5.74, 6) is 1.16. The van der Waals surface area contributed by atoms with Crippen LogP contribution in [0.2, 0.25) is 0 Å². The molecule has 0 saturated carbocycles. The highest BCUT2D eigenvalue weighted by Crippen LogP contribution is 2.29. The maximum Gasteiger partial charge on any atom is 0.261 e. The van der Waals surface area contributed by atoms with Gasteiger partial charge in [-0.05, 0) is 54.9 Å². The topological polar surface area (TPSA) is 62.4 Å². The van der Waals surface area contributed by atoms with Crippen LogP contribution in [0.4, 0.5) is 0 Å². The van der Waals surface area contributed by atoms with Crippen LogP contribution in [0.15, 0.2) is 22.7 Å². The fourth-order valence-electron chi connectivity index (χ4n) is 1.47. The number of phenolic OH excluding ortho intramolecular Hbond substituents is 1. The van der Waals surface area contributed by atoms with E-state index in [1.165, 1.54) is 0 Å². The molecule has 2 aromatic rings. The van der Waals surface area contributed by atoms with E-state index in [-0.39, 0.29) is 5.75 Å². The SMILES string of the molecule is CN(C)CCc1noc(-c2cc(I)ccc2O)n1. The number of rotatable bonds is 4.